The topological polar surface area (TPSA) is 72.5 Å². The van der Waals surface area contributed by atoms with Crippen molar-refractivity contribution < 1.29 is 33.2 Å². The summed E-state index contributed by atoms with van der Waals surface area (Å²) >= 11 is 0. The molecule has 7 nitrogen and oxygen atoms in total. The van der Waals surface area contributed by atoms with E-state index in [9.17, 15) is 4.79 Å². The van der Waals surface area contributed by atoms with Crippen LogP contribution in [0.25, 0.3) is 0 Å². The third-order valence-corrected chi connectivity index (χ3v) is 3.61. The number of hydrogen-bond donors (Lipinski definition) is 0. The smallest absolute Gasteiger partial charge is 0.338 e. The van der Waals surface area contributed by atoms with Crippen LogP contribution in [0.2, 0.25) is 0 Å². The van der Waals surface area contributed by atoms with Crippen molar-refractivity contribution in [3.8, 4) is 0 Å². The van der Waals surface area contributed by atoms with Crippen LogP contribution < -0.4 is 0 Å². The molecule has 0 spiro atoms. The van der Waals surface area contributed by atoms with E-state index in [2.05, 4.69) is 0 Å². The Bertz CT molecular complexity index is 480. The van der Waals surface area contributed by atoms with Gasteiger partial charge in [-0.2, -0.15) is 0 Å². The van der Waals surface area contributed by atoms with Crippen LogP contribution in [0.15, 0.2) is 30.3 Å². The summed E-state index contributed by atoms with van der Waals surface area (Å²) in [6, 6.07) is 9.86. The zero-order valence-electron chi connectivity index (χ0n) is 16.0. The van der Waals surface area contributed by atoms with E-state index >= 15 is 0 Å². The van der Waals surface area contributed by atoms with Crippen molar-refractivity contribution in [2.75, 3.05) is 41.0 Å². The molecule has 1 aromatic rings. The summed E-state index contributed by atoms with van der Waals surface area (Å²) in [5.41, 5.74) is 1.08. The first-order chi connectivity index (χ1) is 12.6. The largest absolute Gasteiger partial charge is 0.464 e. The third kappa shape index (κ3) is 8.25. The average molecular weight is 370 g/mol. The second-order valence-electron chi connectivity index (χ2n) is 5.76. The number of carbonyl (C=O) groups excluding carboxylic acids is 1. The molecule has 0 unspecified atom stereocenters. The van der Waals surface area contributed by atoms with E-state index in [1.165, 1.54) is 14.2 Å². The molecule has 0 aliphatic carbocycles. The molecule has 0 bridgehead atoms. The van der Waals surface area contributed by atoms with Crippen molar-refractivity contribution in [2.24, 2.45) is 5.92 Å². The van der Waals surface area contributed by atoms with Gasteiger partial charge >= 0.3 is 5.97 Å². The second-order valence-corrected chi connectivity index (χ2v) is 5.76. The number of carbonyl (C=O) groups is 1. The average Bonchev–Trinajstić information content (AvgIpc) is 2.65. The minimum absolute atomic E-state index is 0.0277. The van der Waals surface area contributed by atoms with Gasteiger partial charge in [0.2, 0.25) is 0 Å². The Morgan fingerprint density at radius 1 is 1.04 bits per heavy atom. The summed E-state index contributed by atoms with van der Waals surface area (Å²) in [6.45, 7) is 4.76. The zero-order chi connectivity index (χ0) is 19.2. The lowest BCUT2D eigenvalue weighted by Gasteiger charge is -2.30. The van der Waals surface area contributed by atoms with Gasteiger partial charge in [-0.25, -0.2) is 4.79 Å². The molecule has 0 heterocycles. The van der Waals surface area contributed by atoms with Crippen molar-refractivity contribution in [3.63, 3.8) is 0 Å². The Labute approximate surface area is 155 Å². The Hall–Kier alpha value is -1.51. The van der Waals surface area contributed by atoms with Crippen molar-refractivity contribution in [1.29, 1.82) is 0 Å². The molecule has 0 aromatic heterocycles. The van der Waals surface area contributed by atoms with Crippen LogP contribution in [-0.4, -0.2) is 59.2 Å². The van der Waals surface area contributed by atoms with Crippen molar-refractivity contribution in [3.05, 3.63) is 35.9 Å². The van der Waals surface area contributed by atoms with Crippen LogP contribution in [-0.2, 0) is 39.8 Å². The van der Waals surface area contributed by atoms with Gasteiger partial charge in [0.1, 0.15) is 19.7 Å². The molecular weight excluding hydrogens is 340 g/mol. The molecule has 0 saturated heterocycles. The highest BCUT2D eigenvalue weighted by atomic mass is 16.7. The van der Waals surface area contributed by atoms with Crippen LogP contribution in [0.3, 0.4) is 0 Å². The summed E-state index contributed by atoms with van der Waals surface area (Å²) in [4.78, 5) is 12.3. The van der Waals surface area contributed by atoms with Gasteiger partial charge in [-0.15, -0.1) is 0 Å². The molecule has 0 amide bonds. The van der Waals surface area contributed by atoms with Gasteiger partial charge in [-0.05, 0) is 12.5 Å². The van der Waals surface area contributed by atoms with E-state index in [-0.39, 0.29) is 26.1 Å². The number of hydrogen-bond acceptors (Lipinski definition) is 7. The minimum atomic E-state index is -0.930. The molecule has 148 valence electrons. The standard InChI is InChI=1S/C19H30O7/c1-5-24-19(20)18(26-14-22-4)17(25-13-21-3)15(2)11-23-12-16-9-7-6-8-10-16/h6-10,15,17-18H,5,11-14H2,1-4H3/t15-,17-,18+/m0/s1. The van der Waals surface area contributed by atoms with Gasteiger partial charge in [-0.3, -0.25) is 0 Å². The quantitative estimate of drug-likeness (QED) is 0.368. The molecule has 3 atom stereocenters. The summed E-state index contributed by atoms with van der Waals surface area (Å²) in [5, 5.41) is 0. The highest BCUT2D eigenvalue weighted by Crippen LogP contribution is 2.18. The van der Waals surface area contributed by atoms with E-state index < -0.39 is 18.2 Å². The van der Waals surface area contributed by atoms with Crippen LogP contribution in [0.5, 0.6) is 0 Å². The number of rotatable bonds is 14. The van der Waals surface area contributed by atoms with Crippen molar-refractivity contribution >= 4 is 5.97 Å². The van der Waals surface area contributed by atoms with Crippen molar-refractivity contribution in [2.45, 2.75) is 32.7 Å². The number of benzene rings is 1. The number of ether oxygens (including phenoxy) is 6. The molecule has 7 heteroatoms. The molecule has 1 rings (SSSR count). The van der Waals surface area contributed by atoms with Gasteiger partial charge in [0, 0.05) is 20.1 Å². The Morgan fingerprint density at radius 3 is 2.31 bits per heavy atom. The molecule has 0 fully saturated rings. The highest BCUT2D eigenvalue weighted by molar-refractivity contribution is 5.75. The van der Waals surface area contributed by atoms with Crippen molar-refractivity contribution in [1.82, 2.24) is 0 Å². The molecule has 1 aromatic carbocycles. The molecule has 0 N–H and O–H groups in total. The lowest BCUT2D eigenvalue weighted by molar-refractivity contribution is -0.199. The van der Waals surface area contributed by atoms with Gasteiger partial charge in [0.15, 0.2) is 6.10 Å². The third-order valence-electron chi connectivity index (χ3n) is 3.61. The van der Waals surface area contributed by atoms with Crippen LogP contribution >= 0.6 is 0 Å². The predicted molar refractivity (Wildman–Crippen MR) is 95.4 cm³/mol. The lowest BCUT2D eigenvalue weighted by Crippen LogP contribution is -2.45. The first-order valence-electron chi connectivity index (χ1n) is 8.63. The summed E-state index contributed by atoms with van der Waals surface area (Å²) in [7, 11) is 3.00. The maximum atomic E-state index is 12.3. The maximum Gasteiger partial charge on any atom is 0.338 e. The monoisotopic (exact) mass is 370 g/mol. The fourth-order valence-corrected chi connectivity index (χ4v) is 2.39. The lowest BCUT2D eigenvalue weighted by atomic mass is 10.00. The number of esters is 1. The minimum Gasteiger partial charge on any atom is -0.464 e. The van der Waals surface area contributed by atoms with Crippen LogP contribution in [0.1, 0.15) is 19.4 Å². The molecule has 0 radical (unpaired) electrons. The summed E-state index contributed by atoms with van der Waals surface area (Å²) < 4.78 is 32.0. The Morgan fingerprint density at radius 2 is 1.69 bits per heavy atom. The molecular formula is C19H30O7. The first-order valence-corrected chi connectivity index (χ1v) is 8.63. The van der Waals surface area contributed by atoms with E-state index in [0.717, 1.165) is 5.56 Å². The zero-order valence-corrected chi connectivity index (χ0v) is 16.0. The van der Waals surface area contributed by atoms with E-state index in [0.29, 0.717) is 13.2 Å². The first kappa shape index (κ1) is 22.5. The molecule has 26 heavy (non-hydrogen) atoms. The van der Waals surface area contributed by atoms with Gasteiger partial charge < -0.3 is 28.4 Å². The fraction of sp³-hybridized carbons (Fsp3) is 0.632. The second kappa shape index (κ2) is 13.7. The fourth-order valence-electron chi connectivity index (χ4n) is 2.39. The summed E-state index contributed by atoms with van der Waals surface area (Å²) in [5.74, 6) is -0.638. The molecule has 0 saturated carbocycles. The number of methoxy groups -OCH3 is 2. The predicted octanol–water partition coefficient (Wildman–Crippen LogP) is 2.38. The molecule has 0 aliphatic rings. The summed E-state index contributed by atoms with van der Waals surface area (Å²) in [6.07, 6.45) is -1.53. The van der Waals surface area contributed by atoms with Gasteiger partial charge in [0.25, 0.3) is 0 Å². The normalized spacial score (nSPS) is 14.6. The van der Waals surface area contributed by atoms with E-state index in [1.807, 2.05) is 37.3 Å². The maximum absolute atomic E-state index is 12.3. The Balaban J connectivity index is 2.70. The van der Waals surface area contributed by atoms with E-state index in [1.54, 1.807) is 6.92 Å². The van der Waals surface area contributed by atoms with Crippen LogP contribution in [0, 0.1) is 5.92 Å². The molecule has 0 aliphatic heterocycles. The van der Waals surface area contributed by atoms with Gasteiger partial charge in [0.05, 0.1) is 19.8 Å². The highest BCUT2D eigenvalue weighted by Gasteiger charge is 2.35. The SMILES string of the molecule is CCOC(=O)[C@H](OCOC)[C@@H](OCOC)[C@@H](C)COCc1ccccc1. The van der Waals surface area contributed by atoms with Crippen LogP contribution in [0.4, 0.5) is 0 Å². The Kier molecular flexibility index (Phi) is 11.8. The van der Waals surface area contributed by atoms with Gasteiger partial charge in [-0.1, -0.05) is 37.3 Å². The van der Waals surface area contributed by atoms with E-state index in [4.69, 9.17) is 28.4 Å².